The molecule has 0 saturated carbocycles. The third kappa shape index (κ3) is 3.20. The zero-order valence-electron chi connectivity index (χ0n) is 12.9. The smallest absolute Gasteiger partial charge is 0.314 e. The molecule has 0 aromatic carbocycles. The molecule has 0 radical (unpaired) electrons. The molecule has 130 valence electrons. The van der Waals surface area contributed by atoms with Crippen molar-refractivity contribution in [3.63, 3.8) is 0 Å². The Hall–Kier alpha value is -2.88. The van der Waals surface area contributed by atoms with Crippen molar-refractivity contribution in [1.82, 2.24) is 25.7 Å². The number of hydrogen-bond acceptors (Lipinski definition) is 8. The van der Waals surface area contributed by atoms with Crippen LogP contribution < -0.4 is 10.1 Å². The molecule has 25 heavy (non-hydrogen) atoms. The maximum absolute atomic E-state index is 12.5. The van der Waals surface area contributed by atoms with Gasteiger partial charge in [-0.3, -0.25) is 4.98 Å². The van der Waals surface area contributed by atoms with Crippen molar-refractivity contribution in [2.75, 3.05) is 6.54 Å². The monoisotopic (exact) mass is 349 g/mol. The van der Waals surface area contributed by atoms with Crippen LogP contribution in [0.4, 0.5) is 8.78 Å². The minimum absolute atomic E-state index is 0.00617. The highest BCUT2D eigenvalue weighted by Crippen LogP contribution is 2.25. The van der Waals surface area contributed by atoms with E-state index in [1.807, 2.05) is 0 Å². The van der Waals surface area contributed by atoms with Crippen LogP contribution in [-0.2, 0) is 19.6 Å². The van der Waals surface area contributed by atoms with E-state index in [9.17, 15) is 8.78 Å². The van der Waals surface area contributed by atoms with Crippen LogP contribution >= 0.6 is 0 Å². The van der Waals surface area contributed by atoms with Crippen LogP contribution in [0, 0.1) is 0 Å². The van der Waals surface area contributed by atoms with E-state index < -0.39 is 12.3 Å². The molecule has 8 nitrogen and oxygen atoms in total. The lowest BCUT2D eigenvalue weighted by atomic mass is 10.1. The van der Waals surface area contributed by atoms with Gasteiger partial charge < -0.3 is 19.0 Å². The van der Waals surface area contributed by atoms with Gasteiger partial charge in [-0.15, -0.1) is 10.2 Å². The minimum Gasteiger partial charge on any atom is -0.469 e. The number of aromatic nitrogens is 4. The van der Waals surface area contributed by atoms with E-state index in [1.165, 1.54) is 6.20 Å². The Bertz CT molecular complexity index is 862. The Balaban J connectivity index is 1.43. The number of pyridine rings is 1. The Labute approximate surface area is 140 Å². The average Bonchev–Trinajstić information content (AvgIpc) is 3.28. The van der Waals surface area contributed by atoms with Gasteiger partial charge in [0.15, 0.2) is 5.76 Å². The van der Waals surface area contributed by atoms with Crippen molar-refractivity contribution >= 4 is 0 Å². The molecule has 0 fully saturated rings. The summed E-state index contributed by atoms with van der Waals surface area (Å²) in [6, 6.07) is 3.34. The molecule has 1 aliphatic rings. The highest BCUT2D eigenvalue weighted by molar-refractivity contribution is 5.50. The lowest BCUT2D eigenvalue weighted by Gasteiger charge is -2.11. The van der Waals surface area contributed by atoms with Gasteiger partial charge in [-0.1, -0.05) is 0 Å². The van der Waals surface area contributed by atoms with Gasteiger partial charge in [-0.2, -0.15) is 8.78 Å². The highest BCUT2D eigenvalue weighted by Gasteiger charge is 2.20. The fourth-order valence-corrected chi connectivity index (χ4v) is 2.46. The van der Waals surface area contributed by atoms with Crippen LogP contribution in [-0.4, -0.2) is 26.9 Å². The predicted molar refractivity (Wildman–Crippen MR) is 78.7 cm³/mol. The van der Waals surface area contributed by atoms with E-state index in [0.717, 1.165) is 24.3 Å². The summed E-state index contributed by atoms with van der Waals surface area (Å²) in [6.07, 6.45) is -0.543. The zero-order valence-corrected chi connectivity index (χ0v) is 12.9. The quantitative estimate of drug-likeness (QED) is 0.749. The predicted octanol–water partition coefficient (Wildman–Crippen LogP) is 2.28. The molecule has 0 bridgehead atoms. The molecular formula is C15H13F2N5O3. The van der Waals surface area contributed by atoms with Crippen molar-refractivity contribution in [2.24, 2.45) is 0 Å². The summed E-state index contributed by atoms with van der Waals surface area (Å²) in [5, 5.41) is 14.0. The van der Waals surface area contributed by atoms with Gasteiger partial charge in [-0.25, -0.2) is 0 Å². The first kappa shape index (κ1) is 15.6. The first-order valence-electron chi connectivity index (χ1n) is 7.58. The summed E-state index contributed by atoms with van der Waals surface area (Å²) < 4.78 is 40.7. The third-order valence-corrected chi connectivity index (χ3v) is 3.73. The normalized spacial score (nSPS) is 13.9. The number of nitrogens with zero attached hydrogens (tertiary/aromatic N) is 4. The SMILES string of the molecule is FC(F)c1nnc(-c2ccc(COc3noc4c3CCNC4)nc2)o1. The van der Waals surface area contributed by atoms with E-state index in [0.29, 0.717) is 23.7 Å². The summed E-state index contributed by atoms with van der Waals surface area (Å²) in [6.45, 7) is 1.70. The van der Waals surface area contributed by atoms with Gasteiger partial charge in [0.05, 0.1) is 23.4 Å². The van der Waals surface area contributed by atoms with Gasteiger partial charge in [0.2, 0.25) is 5.89 Å². The second-order valence-corrected chi connectivity index (χ2v) is 5.39. The largest absolute Gasteiger partial charge is 0.469 e. The molecule has 0 saturated heterocycles. The van der Waals surface area contributed by atoms with E-state index in [4.69, 9.17) is 13.7 Å². The molecule has 4 heterocycles. The first-order valence-corrected chi connectivity index (χ1v) is 7.58. The molecule has 0 atom stereocenters. The van der Waals surface area contributed by atoms with Crippen LogP contribution in [0.25, 0.3) is 11.5 Å². The molecular weight excluding hydrogens is 336 g/mol. The van der Waals surface area contributed by atoms with Crippen LogP contribution in [0.1, 0.15) is 29.3 Å². The number of nitrogens with one attached hydrogen (secondary N) is 1. The second kappa shape index (κ2) is 6.55. The first-order chi connectivity index (χ1) is 12.2. The van der Waals surface area contributed by atoms with Gasteiger partial charge in [0.1, 0.15) is 6.61 Å². The standard InChI is InChI=1S/C15H13F2N5O3/c16-12(17)15-21-20-13(24-15)8-1-2-9(19-5-8)7-23-14-10-3-4-18-6-11(10)25-22-14/h1-2,5,12,18H,3-4,6-7H2. The maximum atomic E-state index is 12.5. The summed E-state index contributed by atoms with van der Waals surface area (Å²) in [5.41, 5.74) is 2.07. The number of alkyl halides is 2. The number of halogens is 2. The molecule has 3 aromatic rings. The number of rotatable bonds is 5. The summed E-state index contributed by atoms with van der Waals surface area (Å²) >= 11 is 0. The molecule has 1 aliphatic heterocycles. The number of fused-ring (bicyclic) bond motifs is 1. The fraction of sp³-hybridized carbons (Fsp3) is 0.333. The fourth-order valence-electron chi connectivity index (χ4n) is 2.46. The molecule has 0 aliphatic carbocycles. The highest BCUT2D eigenvalue weighted by atomic mass is 19.3. The van der Waals surface area contributed by atoms with Gasteiger partial charge >= 0.3 is 6.43 Å². The van der Waals surface area contributed by atoms with Crippen molar-refractivity contribution in [2.45, 2.75) is 26.0 Å². The summed E-state index contributed by atoms with van der Waals surface area (Å²) in [7, 11) is 0. The van der Waals surface area contributed by atoms with E-state index in [2.05, 4.69) is 25.7 Å². The van der Waals surface area contributed by atoms with Crippen LogP contribution in [0.2, 0.25) is 0 Å². The topological polar surface area (TPSA) is 99.1 Å². The second-order valence-electron chi connectivity index (χ2n) is 5.39. The maximum Gasteiger partial charge on any atom is 0.314 e. The Morgan fingerprint density at radius 3 is 2.96 bits per heavy atom. The minimum atomic E-state index is -2.80. The van der Waals surface area contributed by atoms with E-state index in [1.54, 1.807) is 12.1 Å². The molecule has 4 rings (SSSR count). The van der Waals surface area contributed by atoms with Gasteiger partial charge in [-0.05, 0) is 30.3 Å². The van der Waals surface area contributed by atoms with Crippen molar-refractivity contribution < 1.29 is 22.5 Å². The third-order valence-electron chi connectivity index (χ3n) is 3.73. The number of ether oxygens (including phenoxy) is 1. The number of hydrogen-bond donors (Lipinski definition) is 1. The summed E-state index contributed by atoms with van der Waals surface area (Å²) in [5.74, 6) is 0.540. The van der Waals surface area contributed by atoms with Crippen LogP contribution in [0.15, 0.2) is 27.3 Å². The molecule has 0 spiro atoms. The lowest BCUT2D eigenvalue weighted by Crippen LogP contribution is -2.22. The van der Waals surface area contributed by atoms with Crippen molar-refractivity contribution in [3.8, 4) is 17.3 Å². The van der Waals surface area contributed by atoms with Crippen molar-refractivity contribution in [1.29, 1.82) is 0 Å². The average molecular weight is 349 g/mol. The molecule has 0 amide bonds. The molecule has 0 unspecified atom stereocenters. The van der Waals surface area contributed by atoms with E-state index >= 15 is 0 Å². The van der Waals surface area contributed by atoms with Gasteiger partial charge in [0, 0.05) is 6.20 Å². The Kier molecular flexibility index (Phi) is 4.10. The molecule has 10 heteroatoms. The molecule has 1 N–H and O–H groups in total. The van der Waals surface area contributed by atoms with E-state index in [-0.39, 0.29) is 12.5 Å². The van der Waals surface area contributed by atoms with Crippen LogP contribution in [0.3, 0.4) is 0 Å². The summed E-state index contributed by atoms with van der Waals surface area (Å²) in [4.78, 5) is 4.21. The van der Waals surface area contributed by atoms with Crippen molar-refractivity contribution in [3.05, 3.63) is 41.2 Å². The molecule has 3 aromatic heterocycles. The zero-order chi connectivity index (χ0) is 17.2. The Morgan fingerprint density at radius 1 is 1.28 bits per heavy atom. The Morgan fingerprint density at radius 2 is 2.20 bits per heavy atom. The lowest BCUT2D eigenvalue weighted by molar-refractivity contribution is 0.116. The van der Waals surface area contributed by atoms with Gasteiger partial charge in [0.25, 0.3) is 11.8 Å². The van der Waals surface area contributed by atoms with Crippen LogP contribution in [0.5, 0.6) is 5.88 Å².